The van der Waals surface area contributed by atoms with E-state index in [2.05, 4.69) is 15.5 Å². The Morgan fingerprint density at radius 1 is 1.32 bits per heavy atom. The van der Waals surface area contributed by atoms with Crippen molar-refractivity contribution in [3.05, 3.63) is 30.3 Å². The lowest BCUT2D eigenvalue weighted by Gasteiger charge is -2.05. The number of aromatic nitrogens is 2. The lowest BCUT2D eigenvalue weighted by molar-refractivity contribution is 0.129. The van der Waals surface area contributed by atoms with E-state index < -0.39 is 0 Å². The zero-order valence-electron chi connectivity index (χ0n) is 10.4. The summed E-state index contributed by atoms with van der Waals surface area (Å²) in [7, 11) is 0. The second kappa shape index (κ2) is 6.36. The average Bonchev–Trinajstić information content (AvgIpc) is 3.09. The molecule has 3 rings (SSSR count). The van der Waals surface area contributed by atoms with Crippen LogP contribution in [0.15, 0.2) is 34.7 Å². The number of hydrogen-bond acceptors (Lipinski definition) is 6. The van der Waals surface area contributed by atoms with Crippen LogP contribution in [0.5, 0.6) is 0 Å². The molecule has 0 aliphatic carbocycles. The van der Waals surface area contributed by atoms with Crippen molar-refractivity contribution >= 4 is 33.9 Å². The predicted molar refractivity (Wildman–Crippen MR) is 79.3 cm³/mol. The summed E-state index contributed by atoms with van der Waals surface area (Å²) in [6, 6.07) is 10.0. The lowest BCUT2D eigenvalue weighted by Crippen LogP contribution is -2.07. The van der Waals surface area contributed by atoms with Gasteiger partial charge in [-0.2, -0.15) is 0 Å². The SMILES string of the molecule is c1ccc(Nc2nnc(SC[C@H]3CCCO3)s2)cc1. The molecule has 0 radical (unpaired) electrons. The third-order valence-electron chi connectivity index (χ3n) is 2.85. The van der Waals surface area contributed by atoms with E-state index in [1.807, 2.05) is 30.3 Å². The van der Waals surface area contributed by atoms with E-state index >= 15 is 0 Å². The topological polar surface area (TPSA) is 47.0 Å². The lowest BCUT2D eigenvalue weighted by atomic mass is 10.3. The van der Waals surface area contributed by atoms with Crippen LogP contribution in [0.4, 0.5) is 10.8 Å². The molecule has 0 amide bonds. The molecule has 19 heavy (non-hydrogen) atoms. The summed E-state index contributed by atoms with van der Waals surface area (Å²) < 4.78 is 6.59. The van der Waals surface area contributed by atoms with Gasteiger partial charge in [0.15, 0.2) is 4.34 Å². The molecule has 2 aromatic rings. The molecule has 0 bridgehead atoms. The second-order valence-electron chi connectivity index (χ2n) is 4.31. The number of para-hydroxylation sites is 1. The highest BCUT2D eigenvalue weighted by Crippen LogP contribution is 2.29. The minimum Gasteiger partial charge on any atom is -0.377 e. The molecule has 0 spiro atoms. The number of nitrogens with zero attached hydrogens (tertiary/aromatic N) is 2. The van der Waals surface area contributed by atoms with Crippen LogP contribution in [0.3, 0.4) is 0 Å². The van der Waals surface area contributed by atoms with E-state index in [1.165, 1.54) is 12.8 Å². The molecular weight excluding hydrogens is 278 g/mol. The molecule has 1 aromatic carbocycles. The predicted octanol–water partition coefficient (Wildman–Crippen LogP) is 3.55. The van der Waals surface area contributed by atoms with Gasteiger partial charge in [0.2, 0.25) is 5.13 Å². The van der Waals surface area contributed by atoms with Crippen LogP contribution < -0.4 is 5.32 Å². The molecule has 1 aromatic heterocycles. The molecule has 2 heterocycles. The quantitative estimate of drug-likeness (QED) is 0.854. The Bertz CT molecular complexity index is 512. The minimum atomic E-state index is 0.388. The first-order valence-electron chi connectivity index (χ1n) is 6.30. The van der Waals surface area contributed by atoms with Crippen LogP contribution in [-0.4, -0.2) is 28.7 Å². The Morgan fingerprint density at radius 3 is 3.00 bits per heavy atom. The second-order valence-corrected chi connectivity index (χ2v) is 6.55. The van der Waals surface area contributed by atoms with Gasteiger partial charge in [-0.05, 0) is 25.0 Å². The summed E-state index contributed by atoms with van der Waals surface area (Å²) >= 11 is 3.31. The molecule has 1 aliphatic rings. The van der Waals surface area contributed by atoms with E-state index in [1.54, 1.807) is 23.1 Å². The summed E-state index contributed by atoms with van der Waals surface area (Å²) in [6.45, 7) is 0.905. The van der Waals surface area contributed by atoms with Crippen molar-refractivity contribution in [2.24, 2.45) is 0 Å². The van der Waals surface area contributed by atoms with Crippen LogP contribution in [0.1, 0.15) is 12.8 Å². The van der Waals surface area contributed by atoms with E-state index in [0.717, 1.165) is 27.5 Å². The van der Waals surface area contributed by atoms with Crippen LogP contribution in [-0.2, 0) is 4.74 Å². The molecule has 100 valence electrons. The van der Waals surface area contributed by atoms with Gasteiger partial charge in [0.05, 0.1) is 6.10 Å². The first-order valence-corrected chi connectivity index (χ1v) is 8.10. The molecule has 4 nitrogen and oxygen atoms in total. The summed E-state index contributed by atoms with van der Waals surface area (Å²) in [5.41, 5.74) is 1.04. The first-order chi connectivity index (χ1) is 9.40. The first kappa shape index (κ1) is 12.9. The van der Waals surface area contributed by atoms with Gasteiger partial charge in [-0.25, -0.2) is 0 Å². The van der Waals surface area contributed by atoms with E-state index in [9.17, 15) is 0 Å². The molecule has 1 aliphatic heterocycles. The van der Waals surface area contributed by atoms with Crippen molar-refractivity contribution < 1.29 is 4.74 Å². The van der Waals surface area contributed by atoms with Gasteiger partial charge in [-0.15, -0.1) is 10.2 Å². The molecule has 1 N–H and O–H groups in total. The smallest absolute Gasteiger partial charge is 0.210 e. The zero-order valence-corrected chi connectivity index (χ0v) is 12.0. The molecular formula is C13H15N3OS2. The molecule has 6 heteroatoms. The van der Waals surface area contributed by atoms with Gasteiger partial charge in [-0.3, -0.25) is 0 Å². The fourth-order valence-electron chi connectivity index (χ4n) is 1.90. The molecule has 1 fully saturated rings. The minimum absolute atomic E-state index is 0.388. The maximum absolute atomic E-state index is 5.60. The van der Waals surface area contributed by atoms with Crippen molar-refractivity contribution in [2.75, 3.05) is 17.7 Å². The fraction of sp³-hybridized carbons (Fsp3) is 0.385. The number of nitrogens with one attached hydrogen (secondary N) is 1. The van der Waals surface area contributed by atoms with Gasteiger partial charge < -0.3 is 10.1 Å². The number of hydrogen-bond donors (Lipinski definition) is 1. The van der Waals surface area contributed by atoms with Crippen molar-refractivity contribution in [1.82, 2.24) is 10.2 Å². The number of rotatable bonds is 5. The van der Waals surface area contributed by atoms with E-state index in [0.29, 0.717) is 6.10 Å². The number of anilines is 2. The van der Waals surface area contributed by atoms with Gasteiger partial charge in [0.1, 0.15) is 0 Å². The van der Waals surface area contributed by atoms with Crippen molar-refractivity contribution in [3.8, 4) is 0 Å². The van der Waals surface area contributed by atoms with Gasteiger partial charge >= 0.3 is 0 Å². The van der Waals surface area contributed by atoms with Crippen molar-refractivity contribution in [3.63, 3.8) is 0 Å². The van der Waals surface area contributed by atoms with Crippen molar-refractivity contribution in [2.45, 2.75) is 23.3 Å². The highest BCUT2D eigenvalue weighted by atomic mass is 32.2. The van der Waals surface area contributed by atoms with Crippen LogP contribution in [0.2, 0.25) is 0 Å². The average molecular weight is 293 g/mol. The maximum atomic E-state index is 5.60. The summed E-state index contributed by atoms with van der Waals surface area (Å²) in [4.78, 5) is 0. The highest BCUT2D eigenvalue weighted by Gasteiger charge is 2.16. The molecule has 0 unspecified atom stereocenters. The number of thioether (sulfide) groups is 1. The third kappa shape index (κ3) is 3.68. The van der Waals surface area contributed by atoms with Gasteiger partial charge in [0, 0.05) is 18.0 Å². The van der Waals surface area contributed by atoms with Gasteiger partial charge in [0.25, 0.3) is 0 Å². The van der Waals surface area contributed by atoms with E-state index in [4.69, 9.17) is 4.74 Å². The van der Waals surface area contributed by atoms with Crippen LogP contribution >= 0.6 is 23.1 Å². The molecule has 1 atom stereocenters. The summed E-state index contributed by atoms with van der Waals surface area (Å²) in [5, 5.41) is 12.4. The number of benzene rings is 1. The molecule has 1 saturated heterocycles. The Hall–Kier alpha value is -1.11. The van der Waals surface area contributed by atoms with Crippen LogP contribution in [0.25, 0.3) is 0 Å². The third-order valence-corrected chi connectivity index (χ3v) is 4.95. The Labute approximate surface area is 120 Å². The zero-order chi connectivity index (χ0) is 12.9. The van der Waals surface area contributed by atoms with Gasteiger partial charge in [-0.1, -0.05) is 41.3 Å². The highest BCUT2D eigenvalue weighted by molar-refractivity contribution is 8.01. The Morgan fingerprint density at radius 2 is 2.21 bits per heavy atom. The largest absolute Gasteiger partial charge is 0.377 e. The number of ether oxygens (including phenoxy) is 1. The monoisotopic (exact) mass is 293 g/mol. The summed E-state index contributed by atoms with van der Waals surface area (Å²) in [5.74, 6) is 0.972. The normalized spacial score (nSPS) is 18.6. The standard InChI is InChI=1S/C13H15N3OS2/c1-2-5-10(6-3-1)14-12-15-16-13(19-12)18-9-11-7-4-8-17-11/h1-3,5-6,11H,4,7-9H2,(H,14,15)/t11-/m1/s1. The van der Waals surface area contributed by atoms with E-state index in [-0.39, 0.29) is 0 Å². The summed E-state index contributed by atoms with van der Waals surface area (Å²) in [6.07, 6.45) is 2.74. The Kier molecular flexibility index (Phi) is 4.32. The fourth-order valence-corrected chi connectivity index (χ4v) is 3.77. The van der Waals surface area contributed by atoms with Crippen LogP contribution in [0, 0.1) is 0 Å². The Balaban J connectivity index is 1.54. The molecule has 0 saturated carbocycles. The maximum Gasteiger partial charge on any atom is 0.210 e. The van der Waals surface area contributed by atoms with Crippen molar-refractivity contribution in [1.29, 1.82) is 0 Å².